The van der Waals surface area contributed by atoms with Crippen molar-refractivity contribution in [3.63, 3.8) is 0 Å². The van der Waals surface area contributed by atoms with Crippen LogP contribution in [0.5, 0.6) is 0 Å². The maximum atomic E-state index is 11.0. The second-order valence-electron chi connectivity index (χ2n) is 3.49. The predicted molar refractivity (Wildman–Crippen MR) is 60.2 cm³/mol. The number of rotatable bonds is 4. The third kappa shape index (κ3) is 3.53. The molecule has 1 atom stereocenters. The highest BCUT2D eigenvalue weighted by molar-refractivity contribution is 7.86. The summed E-state index contributed by atoms with van der Waals surface area (Å²) < 4.78 is 30.9. The van der Waals surface area contributed by atoms with E-state index in [1.54, 1.807) is 31.2 Å². The Morgan fingerprint density at radius 2 is 1.87 bits per heavy atom. The lowest BCUT2D eigenvalue weighted by atomic mass is 10.1. The van der Waals surface area contributed by atoms with Gasteiger partial charge in [-0.15, -0.1) is 0 Å². The number of nitrogen functional groups attached to an aromatic ring is 1. The van der Waals surface area contributed by atoms with Crippen molar-refractivity contribution in [1.82, 2.24) is 0 Å². The molecule has 84 valence electrons. The van der Waals surface area contributed by atoms with Gasteiger partial charge in [-0.2, -0.15) is 8.42 Å². The van der Waals surface area contributed by atoms with E-state index in [4.69, 9.17) is 10.3 Å². The molecule has 5 heteroatoms. The highest BCUT2D eigenvalue weighted by Gasteiger charge is 2.20. The zero-order valence-electron chi connectivity index (χ0n) is 8.55. The van der Waals surface area contributed by atoms with E-state index in [9.17, 15) is 8.42 Å². The maximum absolute atomic E-state index is 11.0. The number of hydrogen-bond acceptors (Lipinski definition) is 3. The van der Waals surface area contributed by atoms with Gasteiger partial charge >= 0.3 is 0 Å². The molecule has 1 unspecified atom stereocenters. The summed E-state index contributed by atoms with van der Waals surface area (Å²) in [4.78, 5) is 0. The normalized spacial score (nSPS) is 13.7. The lowest BCUT2D eigenvalue weighted by molar-refractivity contribution is 0.463. The van der Waals surface area contributed by atoms with Gasteiger partial charge in [-0.05, 0) is 30.5 Å². The third-order valence-electron chi connectivity index (χ3n) is 2.32. The highest BCUT2D eigenvalue weighted by atomic mass is 32.2. The van der Waals surface area contributed by atoms with Gasteiger partial charge in [0.15, 0.2) is 0 Å². The molecule has 4 nitrogen and oxygen atoms in total. The van der Waals surface area contributed by atoms with Gasteiger partial charge in [-0.3, -0.25) is 4.55 Å². The van der Waals surface area contributed by atoms with Gasteiger partial charge in [-0.25, -0.2) is 0 Å². The average Bonchev–Trinajstić information content (AvgIpc) is 2.15. The number of hydrogen-bond donors (Lipinski definition) is 2. The van der Waals surface area contributed by atoms with Crippen LogP contribution in [0.3, 0.4) is 0 Å². The van der Waals surface area contributed by atoms with E-state index in [1.807, 2.05) is 0 Å². The van der Waals surface area contributed by atoms with Crippen LogP contribution in [0.15, 0.2) is 24.3 Å². The smallest absolute Gasteiger partial charge is 0.268 e. The molecule has 3 N–H and O–H groups in total. The van der Waals surface area contributed by atoms with Crippen molar-refractivity contribution >= 4 is 15.8 Å². The minimum absolute atomic E-state index is 0.315. The minimum atomic E-state index is -3.95. The van der Waals surface area contributed by atoms with Crippen LogP contribution in [0, 0.1) is 0 Å². The molecule has 0 aliphatic heterocycles. The largest absolute Gasteiger partial charge is 0.399 e. The van der Waals surface area contributed by atoms with E-state index in [0.717, 1.165) is 5.56 Å². The number of benzene rings is 1. The molecule has 0 radical (unpaired) electrons. The summed E-state index contributed by atoms with van der Waals surface area (Å²) in [6.45, 7) is 1.73. The van der Waals surface area contributed by atoms with Crippen molar-refractivity contribution in [2.75, 3.05) is 5.73 Å². The Labute approximate surface area is 89.9 Å². The zero-order chi connectivity index (χ0) is 11.5. The summed E-state index contributed by atoms with van der Waals surface area (Å²) in [6.07, 6.45) is 0.707. The highest BCUT2D eigenvalue weighted by Crippen LogP contribution is 2.13. The molecule has 0 saturated carbocycles. The van der Waals surface area contributed by atoms with Crippen LogP contribution in [0.2, 0.25) is 0 Å². The molecular formula is C10H15NO3S. The molecule has 15 heavy (non-hydrogen) atoms. The first-order valence-electron chi connectivity index (χ1n) is 4.74. The SMILES string of the molecule is CCC(Cc1ccc(N)cc1)S(=O)(=O)O. The van der Waals surface area contributed by atoms with Crippen LogP contribution in [0.1, 0.15) is 18.9 Å². The Bertz CT molecular complexity index is 411. The molecular weight excluding hydrogens is 214 g/mol. The summed E-state index contributed by atoms with van der Waals surface area (Å²) in [5.41, 5.74) is 7.00. The molecule has 0 amide bonds. The van der Waals surface area contributed by atoms with Crippen molar-refractivity contribution in [2.24, 2.45) is 0 Å². The predicted octanol–water partition coefficient (Wildman–Crippen LogP) is 1.48. The van der Waals surface area contributed by atoms with E-state index in [1.165, 1.54) is 0 Å². The fourth-order valence-corrected chi connectivity index (χ4v) is 2.20. The van der Waals surface area contributed by atoms with Crippen molar-refractivity contribution in [1.29, 1.82) is 0 Å². The van der Waals surface area contributed by atoms with E-state index in [2.05, 4.69) is 0 Å². The van der Waals surface area contributed by atoms with Gasteiger partial charge in [0, 0.05) is 5.69 Å². The standard InChI is InChI=1S/C10H15NO3S/c1-2-10(15(12,13)14)7-8-3-5-9(11)6-4-8/h3-6,10H,2,7,11H2,1H3,(H,12,13,14). The van der Waals surface area contributed by atoms with Crippen molar-refractivity contribution in [3.05, 3.63) is 29.8 Å². The van der Waals surface area contributed by atoms with Crippen LogP contribution in [0.4, 0.5) is 5.69 Å². The van der Waals surface area contributed by atoms with Crippen molar-refractivity contribution < 1.29 is 13.0 Å². The van der Waals surface area contributed by atoms with Gasteiger partial charge in [0.2, 0.25) is 0 Å². The van der Waals surface area contributed by atoms with Crippen molar-refractivity contribution in [3.8, 4) is 0 Å². The first kappa shape index (κ1) is 12.0. The van der Waals surface area contributed by atoms with Crippen LogP contribution < -0.4 is 5.73 Å². The summed E-state index contributed by atoms with van der Waals surface area (Å²) in [6, 6.07) is 6.96. The summed E-state index contributed by atoms with van der Waals surface area (Å²) in [5, 5.41) is -0.735. The molecule has 0 saturated heterocycles. The Morgan fingerprint density at radius 1 is 1.33 bits per heavy atom. The molecule has 1 rings (SSSR count). The second kappa shape index (κ2) is 4.63. The van der Waals surface area contributed by atoms with Crippen LogP contribution in [-0.4, -0.2) is 18.2 Å². The van der Waals surface area contributed by atoms with Gasteiger partial charge in [-0.1, -0.05) is 19.1 Å². The average molecular weight is 229 g/mol. The van der Waals surface area contributed by atoms with Crippen LogP contribution in [0.25, 0.3) is 0 Å². The van der Waals surface area contributed by atoms with Gasteiger partial charge < -0.3 is 5.73 Å². The molecule has 1 aromatic carbocycles. The Kier molecular flexibility index (Phi) is 3.71. The fourth-order valence-electron chi connectivity index (χ4n) is 1.38. The van der Waals surface area contributed by atoms with Gasteiger partial charge in [0.05, 0.1) is 5.25 Å². The van der Waals surface area contributed by atoms with Crippen LogP contribution >= 0.6 is 0 Å². The summed E-state index contributed by atoms with van der Waals surface area (Å²) >= 11 is 0. The minimum Gasteiger partial charge on any atom is -0.399 e. The Balaban J connectivity index is 2.80. The first-order valence-corrected chi connectivity index (χ1v) is 6.24. The lowest BCUT2D eigenvalue weighted by Gasteiger charge is -2.11. The molecule has 1 aromatic rings. The number of nitrogens with two attached hydrogens (primary N) is 1. The lowest BCUT2D eigenvalue weighted by Crippen LogP contribution is -2.22. The maximum Gasteiger partial charge on any atom is 0.268 e. The molecule has 0 fully saturated rings. The van der Waals surface area contributed by atoms with E-state index in [0.29, 0.717) is 18.5 Å². The number of anilines is 1. The quantitative estimate of drug-likeness (QED) is 0.605. The summed E-state index contributed by atoms with van der Waals surface area (Å²) in [5.74, 6) is 0. The Morgan fingerprint density at radius 3 is 2.27 bits per heavy atom. The first-order chi connectivity index (χ1) is 6.93. The molecule has 0 spiro atoms. The molecule has 0 aliphatic carbocycles. The Hall–Kier alpha value is -1.07. The molecule has 0 aromatic heterocycles. The van der Waals surface area contributed by atoms with Crippen LogP contribution in [-0.2, 0) is 16.5 Å². The van der Waals surface area contributed by atoms with E-state index < -0.39 is 15.4 Å². The fraction of sp³-hybridized carbons (Fsp3) is 0.400. The monoisotopic (exact) mass is 229 g/mol. The van der Waals surface area contributed by atoms with E-state index >= 15 is 0 Å². The zero-order valence-corrected chi connectivity index (χ0v) is 9.37. The van der Waals surface area contributed by atoms with Gasteiger partial charge in [0.25, 0.3) is 10.1 Å². The van der Waals surface area contributed by atoms with Gasteiger partial charge in [0.1, 0.15) is 0 Å². The van der Waals surface area contributed by atoms with Crippen molar-refractivity contribution in [2.45, 2.75) is 25.0 Å². The molecule has 0 aliphatic rings. The molecule has 0 heterocycles. The van der Waals surface area contributed by atoms with E-state index in [-0.39, 0.29) is 0 Å². The summed E-state index contributed by atoms with van der Waals surface area (Å²) in [7, 11) is -3.95. The third-order valence-corrected chi connectivity index (χ3v) is 3.66. The topological polar surface area (TPSA) is 80.4 Å². The second-order valence-corrected chi connectivity index (χ2v) is 5.19. The molecule has 0 bridgehead atoms.